The van der Waals surface area contributed by atoms with Gasteiger partial charge in [0, 0.05) is 10.7 Å². The quantitative estimate of drug-likeness (QED) is 0.687. The molecule has 1 aromatic heterocycles. The van der Waals surface area contributed by atoms with Crippen molar-refractivity contribution in [2.75, 3.05) is 5.32 Å². The van der Waals surface area contributed by atoms with Crippen LogP contribution in [0.4, 0.5) is 11.6 Å². The van der Waals surface area contributed by atoms with Crippen molar-refractivity contribution in [3.63, 3.8) is 0 Å². The van der Waals surface area contributed by atoms with E-state index in [1.165, 1.54) is 6.07 Å². The van der Waals surface area contributed by atoms with Crippen LogP contribution in [0.25, 0.3) is 11.0 Å². The monoisotopic (exact) mass is 287 g/mol. The van der Waals surface area contributed by atoms with Gasteiger partial charge in [-0.3, -0.25) is 0 Å². The lowest BCUT2D eigenvalue weighted by molar-refractivity contribution is 0.0697. The normalized spacial score (nSPS) is 10.7. The lowest BCUT2D eigenvalue weighted by Crippen LogP contribution is -1.94. The molecule has 3 rings (SSSR count). The van der Waals surface area contributed by atoms with Crippen molar-refractivity contribution in [2.24, 2.45) is 0 Å². The molecule has 1 heterocycles. The van der Waals surface area contributed by atoms with Gasteiger partial charge in [0.25, 0.3) is 0 Å². The number of anilines is 2. The Bertz CT molecular complexity index is 798. The number of fused-ring (bicyclic) bond motifs is 1. The Morgan fingerprint density at radius 3 is 2.85 bits per heavy atom. The first-order chi connectivity index (χ1) is 9.61. The van der Waals surface area contributed by atoms with Crippen LogP contribution in [0.3, 0.4) is 0 Å². The number of carboxylic acid groups (broad SMARTS) is 1. The summed E-state index contributed by atoms with van der Waals surface area (Å²) in [6.07, 6.45) is 0. The van der Waals surface area contributed by atoms with E-state index in [9.17, 15) is 4.79 Å². The van der Waals surface area contributed by atoms with Crippen LogP contribution in [0, 0.1) is 0 Å². The van der Waals surface area contributed by atoms with E-state index < -0.39 is 5.97 Å². The second-order valence-corrected chi connectivity index (χ2v) is 4.69. The van der Waals surface area contributed by atoms with Gasteiger partial charge < -0.3 is 15.4 Å². The highest BCUT2D eigenvalue weighted by molar-refractivity contribution is 6.30. The van der Waals surface area contributed by atoms with Crippen LogP contribution >= 0.6 is 11.6 Å². The van der Waals surface area contributed by atoms with Crippen molar-refractivity contribution >= 4 is 40.2 Å². The van der Waals surface area contributed by atoms with E-state index in [-0.39, 0.29) is 5.56 Å². The van der Waals surface area contributed by atoms with E-state index >= 15 is 0 Å². The van der Waals surface area contributed by atoms with Gasteiger partial charge in [0.05, 0.1) is 16.6 Å². The Morgan fingerprint density at radius 2 is 2.10 bits per heavy atom. The van der Waals surface area contributed by atoms with E-state index in [2.05, 4.69) is 15.3 Å². The Labute approximate surface area is 119 Å². The average Bonchev–Trinajstić information content (AvgIpc) is 2.79. The number of rotatable bonds is 3. The predicted octanol–water partition coefficient (Wildman–Crippen LogP) is 3.66. The lowest BCUT2D eigenvalue weighted by Gasteiger charge is -2.02. The summed E-state index contributed by atoms with van der Waals surface area (Å²) < 4.78 is 0. The molecule has 0 spiro atoms. The molecular weight excluding hydrogens is 278 g/mol. The van der Waals surface area contributed by atoms with Crippen molar-refractivity contribution in [3.8, 4) is 0 Å². The minimum Gasteiger partial charge on any atom is -0.478 e. The van der Waals surface area contributed by atoms with Gasteiger partial charge in [-0.15, -0.1) is 0 Å². The van der Waals surface area contributed by atoms with Crippen LogP contribution in [-0.4, -0.2) is 21.0 Å². The predicted molar refractivity (Wildman–Crippen MR) is 77.8 cm³/mol. The van der Waals surface area contributed by atoms with Crippen molar-refractivity contribution < 1.29 is 9.90 Å². The zero-order valence-corrected chi connectivity index (χ0v) is 11.0. The largest absolute Gasteiger partial charge is 0.478 e. The molecule has 0 saturated carbocycles. The maximum atomic E-state index is 10.9. The lowest BCUT2D eigenvalue weighted by atomic mass is 10.2. The van der Waals surface area contributed by atoms with Crippen molar-refractivity contribution in [1.29, 1.82) is 0 Å². The maximum Gasteiger partial charge on any atom is 0.335 e. The number of aromatic amines is 1. The zero-order chi connectivity index (χ0) is 14.1. The average molecular weight is 288 g/mol. The molecule has 0 aliphatic carbocycles. The Balaban J connectivity index is 1.95. The highest BCUT2D eigenvalue weighted by Gasteiger charge is 2.07. The second-order valence-electron chi connectivity index (χ2n) is 4.26. The van der Waals surface area contributed by atoms with Gasteiger partial charge >= 0.3 is 5.97 Å². The van der Waals surface area contributed by atoms with Crippen LogP contribution in [0.1, 0.15) is 10.4 Å². The number of nitrogens with zero attached hydrogens (tertiary/aromatic N) is 1. The smallest absolute Gasteiger partial charge is 0.335 e. The highest BCUT2D eigenvalue weighted by Crippen LogP contribution is 2.21. The molecule has 0 aliphatic rings. The third-order valence-electron chi connectivity index (χ3n) is 2.82. The van der Waals surface area contributed by atoms with Crippen LogP contribution in [0.5, 0.6) is 0 Å². The van der Waals surface area contributed by atoms with Crippen molar-refractivity contribution in [2.45, 2.75) is 0 Å². The number of halogens is 1. The SMILES string of the molecule is O=C(O)c1ccc2nc(Nc3cccc(Cl)c3)[nH]c2c1. The van der Waals surface area contributed by atoms with Crippen LogP contribution in [0.15, 0.2) is 42.5 Å². The number of aromatic carboxylic acids is 1. The minimum atomic E-state index is -0.967. The molecule has 0 aliphatic heterocycles. The summed E-state index contributed by atoms with van der Waals surface area (Å²) in [5, 5.41) is 12.7. The second kappa shape index (κ2) is 4.86. The number of nitrogens with one attached hydrogen (secondary N) is 2. The van der Waals surface area contributed by atoms with Gasteiger partial charge in [-0.25, -0.2) is 9.78 Å². The molecule has 20 heavy (non-hydrogen) atoms. The number of carboxylic acids is 1. The molecule has 0 amide bonds. The molecule has 0 atom stereocenters. The summed E-state index contributed by atoms with van der Waals surface area (Å²) >= 11 is 5.91. The fraction of sp³-hybridized carbons (Fsp3) is 0. The van der Waals surface area contributed by atoms with Gasteiger partial charge in [-0.2, -0.15) is 0 Å². The zero-order valence-electron chi connectivity index (χ0n) is 10.2. The Kier molecular flexibility index (Phi) is 3.04. The highest BCUT2D eigenvalue weighted by atomic mass is 35.5. The first-order valence-corrected chi connectivity index (χ1v) is 6.25. The first kappa shape index (κ1) is 12.5. The molecular formula is C14H10ClN3O2. The third-order valence-corrected chi connectivity index (χ3v) is 3.05. The van der Waals surface area contributed by atoms with Gasteiger partial charge in [0.1, 0.15) is 0 Å². The van der Waals surface area contributed by atoms with Gasteiger partial charge in [-0.05, 0) is 36.4 Å². The van der Waals surface area contributed by atoms with Crippen LogP contribution in [0.2, 0.25) is 5.02 Å². The summed E-state index contributed by atoms with van der Waals surface area (Å²) in [6, 6.07) is 12.0. The summed E-state index contributed by atoms with van der Waals surface area (Å²) in [6.45, 7) is 0. The number of hydrogen-bond donors (Lipinski definition) is 3. The fourth-order valence-electron chi connectivity index (χ4n) is 1.90. The number of carbonyl (C=O) groups is 1. The van der Waals surface area contributed by atoms with E-state index in [1.54, 1.807) is 24.3 Å². The molecule has 5 nitrogen and oxygen atoms in total. The number of hydrogen-bond acceptors (Lipinski definition) is 3. The standard InChI is InChI=1S/C14H10ClN3O2/c15-9-2-1-3-10(7-9)16-14-17-11-5-4-8(13(19)20)6-12(11)18-14/h1-7H,(H,19,20)(H2,16,17,18). The summed E-state index contributed by atoms with van der Waals surface area (Å²) in [4.78, 5) is 18.3. The summed E-state index contributed by atoms with van der Waals surface area (Å²) in [7, 11) is 0. The maximum absolute atomic E-state index is 10.9. The molecule has 0 saturated heterocycles. The van der Waals surface area contributed by atoms with Crippen molar-refractivity contribution in [3.05, 3.63) is 53.1 Å². The molecule has 0 fully saturated rings. The number of H-pyrrole nitrogens is 1. The first-order valence-electron chi connectivity index (χ1n) is 5.87. The fourth-order valence-corrected chi connectivity index (χ4v) is 2.10. The number of aromatic nitrogens is 2. The van der Waals surface area contributed by atoms with Crippen molar-refractivity contribution in [1.82, 2.24) is 9.97 Å². The molecule has 2 aromatic carbocycles. The van der Waals surface area contributed by atoms with E-state index in [4.69, 9.17) is 16.7 Å². The Morgan fingerprint density at radius 1 is 1.25 bits per heavy atom. The molecule has 0 unspecified atom stereocenters. The Hall–Kier alpha value is -2.53. The third kappa shape index (κ3) is 2.44. The van der Waals surface area contributed by atoms with Crippen LogP contribution in [-0.2, 0) is 0 Å². The summed E-state index contributed by atoms with van der Waals surface area (Å²) in [5.41, 5.74) is 2.37. The summed E-state index contributed by atoms with van der Waals surface area (Å²) in [5.74, 6) is -0.435. The van der Waals surface area contributed by atoms with E-state index in [0.717, 1.165) is 5.69 Å². The van der Waals surface area contributed by atoms with Gasteiger partial charge in [0.2, 0.25) is 5.95 Å². The topological polar surface area (TPSA) is 78.0 Å². The molecule has 3 N–H and O–H groups in total. The van der Waals surface area contributed by atoms with Gasteiger partial charge in [0.15, 0.2) is 0 Å². The molecule has 3 aromatic rings. The molecule has 6 heteroatoms. The minimum absolute atomic E-state index is 0.218. The number of imidazole rings is 1. The van der Waals surface area contributed by atoms with E-state index in [1.807, 2.05) is 12.1 Å². The number of benzene rings is 2. The van der Waals surface area contributed by atoms with Gasteiger partial charge in [-0.1, -0.05) is 17.7 Å². The molecule has 100 valence electrons. The molecule has 0 radical (unpaired) electrons. The van der Waals surface area contributed by atoms with E-state index in [0.29, 0.717) is 22.0 Å². The molecule has 0 bridgehead atoms. The van der Waals surface area contributed by atoms with Crippen LogP contribution < -0.4 is 5.32 Å².